The van der Waals surface area contributed by atoms with Gasteiger partial charge >= 0.3 is 0 Å². The highest BCUT2D eigenvalue weighted by Crippen LogP contribution is 2.34. The summed E-state index contributed by atoms with van der Waals surface area (Å²) in [5.41, 5.74) is 1.31. The van der Waals surface area contributed by atoms with Gasteiger partial charge in [0.15, 0.2) is 5.82 Å². The van der Waals surface area contributed by atoms with E-state index in [1.165, 1.54) is 29.2 Å². The van der Waals surface area contributed by atoms with Gasteiger partial charge in [-0.15, -0.1) is 5.10 Å². The van der Waals surface area contributed by atoms with Gasteiger partial charge in [-0.25, -0.2) is 4.68 Å². The summed E-state index contributed by atoms with van der Waals surface area (Å²) >= 11 is 0. The molecular formula is C17H19N5. The Labute approximate surface area is 129 Å². The number of aromatic nitrogens is 4. The molecule has 0 aliphatic heterocycles. The number of benzene rings is 2. The van der Waals surface area contributed by atoms with Crippen molar-refractivity contribution in [3.63, 3.8) is 0 Å². The first-order valence-corrected chi connectivity index (χ1v) is 7.72. The SMILES string of the molecule is CN(Cc1ccc2ccccc2c1)Cc1nnnn1C1CC1. The number of tetrazole rings is 1. The number of hydrogen-bond donors (Lipinski definition) is 0. The second-order valence-corrected chi connectivity index (χ2v) is 6.12. The molecule has 1 aliphatic carbocycles. The van der Waals surface area contributed by atoms with E-state index < -0.39 is 0 Å². The van der Waals surface area contributed by atoms with Crippen LogP contribution in [0.3, 0.4) is 0 Å². The lowest BCUT2D eigenvalue weighted by atomic mass is 10.1. The molecule has 0 spiro atoms. The summed E-state index contributed by atoms with van der Waals surface area (Å²) in [6.45, 7) is 1.67. The van der Waals surface area contributed by atoms with Crippen LogP contribution in [0.1, 0.15) is 30.3 Å². The van der Waals surface area contributed by atoms with Gasteiger partial charge in [-0.05, 0) is 52.7 Å². The van der Waals surface area contributed by atoms with Crippen LogP contribution in [0.5, 0.6) is 0 Å². The van der Waals surface area contributed by atoms with Crippen molar-refractivity contribution < 1.29 is 0 Å². The third-order valence-electron chi connectivity index (χ3n) is 4.13. The third-order valence-corrected chi connectivity index (χ3v) is 4.13. The molecule has 1 aromatic heterocycles. The van der Waals surface area contributed by atoms with Crippen LogP contribution in [0.15, 0.2) is 42.5 Å². The first-order valence-electron chi connectivity index (χ1n) is 7.72. The molecule has 1 heterocycles. The van der Waals surface area contributed by atoms with Gasteiger partial charge in [-0.1, -0.05) is 36.4 Å². The molecule has 22 heavy (non-hydrogen) atoms. The Balaban J connectivity index is 1.48. The lowest BCUT2D eigenvalue weighted by Crippen LogP contribution is -2.20. The minimum Gasteiger partial charge on any atom is -0.295 e. The van der Waals surface area contributed by atoms with Crippen LogP contribution in [-0.2, 0) is 13.1 Å². The molecule has 3 aromatic rings. The zero-order chi connectivity index (χ0) is 14.9. The molecule has 5 nitrogen and oxygen atoms in total. The van der Waals surface area contributed by atoms with Crippen molar-refractivity contribution in [2.75, 3.05) is 7.05 Å². The fourth-order valence-electron chi connectivity index (χ4n) is 2.87. The van der Waals surface area contributed by atoms with Crippen LogP contribution < -0.4 is 0 Å². The van der Waals surface area contributed by atoms with Crippen molar-refractivity contribution in [2.24, 2.45) is 0 Å². The fraction of sp³-hybridized carbons (Fsp3) is 0.353. The van der Waals surface area contributed by atoms with E-state index in [1.54, 1.807) is 0 Å². The van der Waals surface area contributed by atoms with Crippen molar-refractivity contribution in [3.05, 3.63) is 53.9 Å². The second kappa shape index (κ2) is 5.50. The van der Waals surface area contributed by atoms with Gasteiger partial charge < -0.3 is 0 Å². The molecule has 112 valence electrons. The van der Waals surface area contributed by atoms with Gasteiger partial charge in [0.2, 0.25) is 0 Å². The minimum atomic E-state index is 0.527. The maximum atomic E-state index is 4.17. The zero-order valence-electron chi connectivity index (χ0n) is 12.7. The number of rotatable bonds is 5. The minimum absolute atomic E-state index is 0.527. The molecule has 0 atom stereocenters. The molecule has 4 rings (SSSR count). The normalized spacial score (nSPS) is 14.8. The van der Waals surface area contributed by atoms with Crippen LogP contribution in [0.2, 0.25) is 0 Å². The second-order valence-electron chi connectivity index (χ2n) is 6.12. The molecule has 0 unspecified atom stereocenters. The quantitative estimate of drug-likeness (QED) is 0.725. The maximum absolute atomic E-state index is 4.17. The van der Waals surface area contributed by atoms with Crippen molar-refractivity contribution in [1.29, 1.82) is 0 Å². The van der Waals surface area contributed by atoms with Crippen LogP contribution in [-0.4, -0.2) is 32.2 Å². The van der Waals surface area contributed by atoms with Crippen molar-refractivity contribution >= 4 is 10.8 Å². The van der Waals surface area contributed by atoms with E-state index in [4.69, 9.17) is 0 Å². The van der Waals surface area contributed by atoms with Gasteiger partial charge in [0, 0.05) is 6.54 Å². The lowest BCUT2D eigenvalue weighted by Gasteiger charge is -2.16. The average Bonchev–Trinajstić information content (AvgIpc) is 3.27. The summed E-state index contributed by atoms with van der Waals surface area (Å²) in [4.78, 5) is 2.26. The molecule has 1 aliphatic rings. The van der Waals surface area contributed by atoms with Crippen LogP contribution in [0.25, 0.3) is 10.8 Å². The molecule has 0 saturated heterocycles. The zero-order valence-corrected chi connectivity index (χ0v) is 12.7. The summed E-state index contributed by atoms with van der Waals surface area (Å²) in [7, 11) is 2.11. The Morgan fingerprint density at radius 2 is 1.91 bits per heavy atom. The topological polar surface area (TPSA) is 46.8 Å². The number of nitrogens with zero attached hydrogens (tertiary/aromatic N) is 5. The molecule has 0 bridgehead atoms. The molecule has 0 radical (unpaired) electrons. The first-order chi connectivity index (χ1) is 10.8. The Bertz CT molecular complexity index is 790. The largest absolute Gasteiger partial charge is 0.295 e. The summed E-state index contributed by atoms with van der Waals surface area (Å²) in [5.74, 6) is 0.964. The third kappa shape index (κ3) is 2.72. The molecule has 5 heteroatoms. The van der Waals surface area contributed by atoms with E-state index in [1.807, 2.05) is 4.68 Å². The molecule has 1 saturated carbocycles. The lowest BCUT2D eigenvalue weighted by molar-refractivity contribution is 0.302. The van der Waals surface area contributed by atoms with E-state index in [9.17, 15) is 0 Å². The Morgan fingerprint density at radius 1 is 1.09 bits per heavy atom. The van der Waals surface area contributed by atoms with Gasteiger partial charge in [0.25, 0.3) is 0 Å². The number of fused-ring (bicyclic) bond motifs is 1. The number of hydrogen-bond acceptors (Lipinski definition) is 4. The summed E-state index contributed by atoms with van der Waals surface area (Å²) in [5, 5.41) is 14.7. The summed E-state index contributed by atoms with van der Waals surface area (Å²) in [6, 6.07) is 15.6. The molecule has 0 N–H and O–H groups in total. The maximum Gasteiger partial charge on any atom is 0.165 e. The van der Waals surface area contributed by atoms with Gasteiger partial charge in [-0.3, -0.25) is 4.90 Å². The van der Waals surface area contributed by atoms with Crippen molar-refractivity contribution in [2.45, 2.75) is 32.0 Å². The predicted octanol–water partition coefficient (Wildman–Crippen LogP) is 2.79. The highest BCUT2D eigenvalue weighted by Gasteiger charge is 2.27. The predicted molar refractivity (Wildman–Crippen MR) is 85.2 cm³/mol. The Morgan fingerprint density at radius 3 is 2.73 bits per heavy atom. The Hall–Kier alpha value is -2.27. The monoisotopic (exact) mass is 293 g/mol. The van der Waals surface area contributed by atoms with E-state index in [0.717, 1.165) is 18.9 Å². The van der Waals surface area contributed by atoms with E-state index in [-0.39, 0.29) is 0 Å². The van der Waals surface area contributed by atoms with Crippen LogP contribution in [0, 0.1) is 0 Å². The average molecular weight is 293 g/mol. The summed E-state index contributed by atoms with van der Waals surface area (Å²) < 4.78 is 1.98. The van der Waals surface area contributed by atoms with E-state index >= 15 is 0 Å². The standard InChI is InChI=1S/C17H19N5/c1-21(12-17-18-19-20-22(17)16-8-9-16)11-13-6-7-14-4-2-3-5-15(14)10-13/h2-7,10,16H,8-9,11-12H2,1H3. The molecule has 0 amide bonds. The molecule has 1 fully saturated rings. The molecule has 2 aromatic carbocycles. The van der Waals surface area contributed by atoms with Gasteiger partial charge in [-0.2, -0.15) is 0 Å². The van der Waals surface area contributed by atoms with Gasteiger partial charge in [0.1, 0.15) is 0 Å². The Kier molecular flexibility index (Phi) is 3.35. The van der Waals surface area contributed by atoms with Gasteiger partial charge in [0.05, 0.1) is 12.6 Å². The first kappa shape index (κ1) is 13.4. The van der Waals surface area contributed by atoms with Crippen LogP contribution >= 0.6 is 0 Å². The van der Waals surface area contributed by atoms with E-state index in [2.05, 4.69) is 69.9 Å². The fourth-order valence-corrected chi connectivity index (χ4v) is 2.87. The van der Waals surface area contributed by atoms with E-state index in [0.29, 0.717) is 6.04 Å². The van der Waals surface area contributed by atoms with Crippen LogP contribution in [0.4, 0.5) is 0 Å². The molecular weight excluding hydrogens is 274 g/mol. The highest BCUT2D eigenvalue weighted by molar-refractivity contribution is 5.82. The highest BCUT2D eigenvalue weighted by atomic mass is 15.6. The summed E-state index contributed by atoms with van der Waals surface area (Å²) in [6.07, 6.45) is 2.40. The smallest absolute Gasteiger partial charge is 0.165 e. The van der Waals surface area contributed by atoms with Crippen molar-refractivity contribution in [3.8, 4) is 0 Å². The van der Waals surface area contributed by atoms with Crippen molar-refractivity contribution in [1.82, 2.24) is 25.1 Å².